The lowest BCUT2D eigenvalue weighted by Gasteiger charge is -2.17. The summed E-state index contributed by atoms with van der Waals surface area (Å²) in [6.45, 7) is 0. The van der Waals surface area contributed by atoms with Crippen LogP contribution in [0.4, 0.5) is 26.3 Å². The van der Waals surface area contributed by atoms with Crippen molar-refractivity contribution in [1.29, 1.82) is 0 Å². The molecule has 0 aromatic heterocycles. The zero-order valence-electron chi connectivity index (χ0n) is 15.6. The minimum Gasteiger partial charge on any atom is -0.204 e. The van der Waals surface area contributed by atoms with Gasteiger partial charge in [-0.25, -0.2) is 26.3 Å². The highest BCUT2D eigenvalue weighted by atomic mass is 19.2. The molecule has 0 atom stereocenters. The van der Waals surface area contributed by atoms with E-state index in [0.717, 1.165) is 35.4 Å². The largest absolute Gasteiger partial charge is 0.204 e. The number of rotatable bonds is 2. The van der Waals surface area contributed by atoms with Crippen LogP contribution in [0, 0.1) is 41.3 Å². The fraction of sp³-hybridized carbons (Fsp3) is 0. The molecule has 0 fully saturated rings. The van der Waals surface area contributed by atoms with Crippen molar-refractivity contribution in [2.75, 3.05) is 0 Å². The summed E-state index contributed by atoms with van der Waals surface area (Å²) in [5.41, 5.74) is 2.14. The van der Waals surface area contributed by atoms with E-state index in [1.807, 2.05) is 18.2 Å². The van der Waals surface area contributed by atoms with E-state index in [0.29, 0.717) is 11.1 Å². The second kappa shape index (κ2) is 7.01. The Kier molecular flexibility index (Phi) is 4.39. The minimum atomic E-state index is -1.68. The van der Waals surface area contributed by atoms with E-state index in [9.17, 15) is 26.3 Å². The van der Waals surface area contributed by atoms with Gasteiger partial charge in [-0.15, -0.1) is 0 Å². The summed E-state index contributed by atoms with van der Waals surface area (Å²) in [4.78, 5) is 0. The molecule has 0 saturated heterocycles. The Morgan fingerprint density at radius 3 is 1.68 bits per heavy atom. The maximum absolute atomic E-state index is 14.8. The first-order valence-corrected chi connectivity index (χ1v) is 9.27. The molecule has 1 aliphatic rings. The summed E-state index contributed by atoms with van der Waals surface area (Å²) in [6, 6.07) is 13.9. The van der Waals surface area contributed by atoms with Crippen molar-refractivity contribution in [2.45, 2.75) is 0 Å². The van der Waals surface area contributed by atoms with Crippen LogP contribution in [0.1, 0.15) is 11.1 Å². The zero-order chi connectivity index (χ0) is 21.9. The average Bonchev–Trinajstić information content (AvgIpc) is 3.15. The van der Waals surface area contributed by atoms with Gasteiger partial charge in [0.15, 0.2) is 34.9 Å². The van der Waals surface area contributed by atoms with Crippen molar-refractivity contribution < 1.29 is 26.3 Å². The first-order chi connectivity index (χ1) is 14.9. The number of hydrogen-bond acceptors (Lipinski definition) is 0. The van der Waals surface area contributed by atoms with E-state index in [4.69, 9.17) is 0 Å². The van der Waals surface area contributed by atoms with Crippen molar-refractivity contribution in [3.63, 3.8) is 0 Å². The monoisotopic (exact) mass is 425 g/mol. The Labute approximate surface area is 173 Å². The molecule has 153 valence electrons. The van der Waals surface area contributed by atoms with Gasteiger partial charge in [-0.1, -0.05) is 36.4 Å². The fourth-order valence-electron chi connectivity index (χ4n) is 4.00. The van der Waals surface area contributed by atoms with Gasteiger partial charge in [-0.2, -0.15) is 0 Å². The number of hydrogen-bond donors (Lipinski definition) is 0. The number of fused-ring (bicyclic) bond motifs is 3. The molecule has 0 bridgehead atoms. The topological polar surface area (TPSA) is 0 Å². The van der Waals surface area contributed by atoms with E-state index >= 15 is 0 Å². The third-order valence-corrected chi connectivity index (χ3v) is 5.43. The highest BCUT2D eigenvalue weighted by molar-refractivity contribution is 5.96. The van der Waals surface area contributed by atoms with Gasteiger partial charge in [0.2, 0.25) is 0 Å². The van der Waals surface area contributed by atoms with E-state index in [2.05, 4.69) is 0 Å². The summed E-state index contributed by atoms with van der Waals surface area (Å²) < 4.78 is 84.6. The van der Waals surface area contributed by atoms with Crippen LogP contribution in [-0.2, 0) is 0 Å². The molecule has 31 heavy (non-hydrogen) atoms. The van der Waals surface area contributed by atoms with Crippen LogP contribution in [0.25, 0.3) is 33.4 Å². The van der Waals surface area contributed by atoms with Crippen LogP contribution in [-0.4, -0.2) is 0 Å². The van der Waals surface area contributed by atoms with Crippen LogP contribution in [0.5, 0.6) is 0 Å². The zero-order valence-corrected chi connectivity index (χ0v) is 15.6. The lowest BCUT2D eigenvalue weighted by atomic mass is 9.87. The van der Waals surface area contributed by atoms with Crippen LogP contribution >= 0.6 is 0 Å². The maximum atomic E-state index is 14.8. The average molecular weight is 425 g/mol. The van der Waals surface area contributed by atoms with Gasteiger partial charge < -0.3 is 0 Å². The maximum Gasteiger partial charge on any atom is 0.195 e. The predicted octanol–water partition coefficient (Wildman–Crippen LogP) is 7.44. The molecule has 1 radical (unpaired) electrons. The Morgan fingerprint density at radius 1 is 0.419 bits per heavy atom. The molecule has 0 heterocycles. The van der Waals surface area contributed by atoms with Gasteiger partial charge in [-0.3, -0.25) is 0 Å². The highest BCUT2D eigenvalue weighted by Gasteiger charge is 2.28. The molecule has 0 aliphatic heterocycles. The Bertz CT molecular complexity index is 1370. The third-order valence-electron chi connectivity index (χ3n) is 5.43. The van der Waals surface area contributed by atoms with Crippen LogP contribution in [0.15, 0.2) is 60.7 Å². The molecule has 0 nitrogen and oxygen atoms in total. The van der Waals surface area contributed by atoms with Crippen LogP contribution in [0.3, 0.4) is 0 Å². The summed E-state index contributed by atoms with van der Waals surface area (Å²) >= 11 is 0. The number of halogens is 6. The first-order valence-electron chi connectivity index (χ1n) is 9.27. The van der Waals surface area contributed by atoms with Gasteiger partial charge in [0.1, 0.15) is 0 Å². The fourth-order valence-corrected chi connectivity index (χ4v) is 4.00. The van der Waals surface area contributed by atoms with Gasteiger partial charge in [0.05, 0.1) is 0 Å². The van der Waals surface area contributed by atoms with Gasteiger partial charge >= 0.3 is 0 Å². The molecular weight excluding hydrogens is 414 g/mol. The van der Waals surface area contributed by atoms with Crippen LogP contribution in [0.2, 0.25) is 0 Å². The van der Waals surface area contributed by atoms with Gasteiger partial charge in [-0.05, 0) is 57.6 Å². The lowest BCUT2D eigenvalue weighted by molar-refractivity contribution is 0.448. The Hall–Kier alpha value is -3.54. The Balaban J connectivity index is 1.87. The second-order valence-corrected chi connectivity index (χ2v) is 7.13. The summed E-state index contributed by atoms with van der Waals surface area (Å²) in [7, 11) is 0. The molecule has 6 heteroatoms. The van der Waals surface area contributed by atoms with E-state index in [1.165, 1.54) is 6.07 Å². The van der Waals surface area contributed by atoms with Crippen molar-refractivity contribution in [3.05, 3.63) is 113 Å². The molecule has 4 aromatic carbocycles. The van der Waals surface area contributed by atoms with Crippen molar-refractivity contribution >= 4 is 0 Å². The van der Waals surface area contributed by atoms with Crippen LogP contribution < -0.4 is 0 Å². The normalized spacial score (nSPS) is 12.1. The molecule has 0 spiro atoms. The molecule has 0 amide bonds. The molecule has 5 rings (SSSR count). The molecule has 0 unspecified atom stereocenters. The van der Waals surface area contributed by atoms with Crippen molar-refractivity contribution in [3.8, 4) is 33.4 Å². The third kappa shape index (κ3) is 2.86. The molecular formula is C25H11F6. The summed E-state index contributed by atoms with van der Waals surface area (Å²) in [5.74, 6) is -9.02. The number of benzene rings is 4. The Morgan fingerprint density at radius 2 is 0.968 bits per heavy atom. The minimum absolute atomic E-state index is 0.0177. The van der Waals surface area contributed by atoms with Gasteiger partial charge in [0.25, 0.3) is 0 Å². The standard InChI is InChI=1S/C25H11F6/c26-19-9-7-16(22(28)24(19)30)15-6-5-14-13-4-2-1-3-12(13)11-18(14)21(15)17-8-10-20(27)25(31)23(17)29/h1-11H. The van der Waals surface area contributed by atoms with E-state index in [-0.39, 0.29) is 22.3 Å². The SMILES string of the molecule is Fc1ccc(-c2ccc3c(c2-c2ccc(F)c(F)c2F)[CH]c2ccccc2-3)c(F)c1F. The second-order valence-electron chi connectivity index (χ2n) is 7.13. The summed E-state index contributed by atoms with van der Waals surface area (Å²) in [5, 5.41) is 0. The molecule has 0 N–H and O–H groups in total. The van der Waals surface area contributed by atoms with E-state index < -0.39 is 34.9 Å². The predicted molar refractivity (Wildman–Crippen MR) is 105 cm³/mol. The quantitative estimate of drug-likeness (QED) is 0.204. The summed E-state index contributed by atoms with van der Waals surface area (Å²) in [6.07, 6.45) is 1.71. The van der Waals surface area contributed by atoms with E-state index in [1.54, 1.807) is 18.6 Å². The smallest absolute Gasteiger partial charge is 0.195 e. The molecule has 1 aliphatic carbocycles. The molecule has 0 saturated carbocycles. The van der Waals surface area contributed by atoms with Gasteiger partial charge in [0, 0.05) is 17.5 Å². The highest BCUT2D eigenvalue weighted by Crippen LogP contribution is 2.48. The van der Waals surface area contributed by atoms with Crippen molar-refractivity contribution in [1.82, 2.24) is 0 Å². The van der Waals surface area contributed by atoms with Crippen molar-refractivity contribution in [2.24, 2.45) is 0 Å². The molecule has 4 aromatic rings. The lowest BCUT2D eigenvalue weighted by Crippen LogP contribution is -2.01. The first kappa shape index (κ1) is 19.4.